The average molecular weight is 381 g/mol. The Hall–Kier alpha value is -3.31. The standard InChI is InChI=1S/C21H17ClN2O3/c22-18-9-5-15(6-10-18)14-27-19-11-7-16(8-12-19)21(26)24-23-13-17-3-1-2-4-20(17)25/h1-13,25H,14H2,(H,24,26)/b23-13-. The number of benzene rings is 3. The predicted octanol–water partition coefficient (Wildman–Crippen LogP) is 4.39. The molecule has 2 N–H and O–H groups in total. The molecule has 0 spiro atoms. The van der Waals surface area contributed by atoms with Gasteiger partial charge in [-0.15, -0.1) is 0 Å². The molecule has 0 aliphatic heterocycles. The summed E-state index contributed by atoms with van der Waals surface area (Å²) in [6, 6.07) is 20.9. The molecule has 0 aromatic heterocycles. The highest BCUT2D eigenvalue weighted by Crippen LogP contribution is 2.16. The Balaban J connectivity index is 1.54. The van der Waals surface area contributed by atoms with Crippen molar-refractivity contribution in [1.29, 1.82) is 0 Å². The number of nitrogens with zero attached hydrogens (tertiary/aromatic N) is 1. The van der Waals surface area contributed by atoms with E-state index in [0.29, 0.717) is 28.5 Å². The second-order valence-corrected chi connectivity index (χ2v) is 6.13. The summed E-state index contributed by atoms with van der Waals surface area (Å²) in [6.45, 7) is 0.410. The highest BCUT2D eigenvalue weighted by molar-refractivity contribution is 6.30. The number of phenols is 1. The Bertz CT molecular complexity index is 938. The number of aromatic hydroxyl groups is 1. The Morgan fingerprint density at radius 1 is 1.04 bits per heavy atom. The lowest BCUT2D eigenvalue weighted by atomic mass is 10.2. The van der Waals surface area contributed by atoms with Crippen LogP contribution in [0.2, 0.25) is 5.02 Å². The van der Waals surface area contributed by atoms with E-state index in [2.05, 4.69) is 10.5 Å². The van der Waals surface area contributed by atoms with Gasteiger partial charge in [0.15, 0.2) is 0 Å². The van der Waals surface area contributed by atoms with Gasteiger partial charge in [-0.2, -0.15) is 5.10 Å². The van der Waals surface area contributed by atoms with Crippen LogP contribution in [0.25, 0.3) is 0 Å². The molecule has 3 aromatic rings. The van der Waals surface area contributed by atoms with Crippen LogP contribution in [0, 0.1) is 0 Å². The third kappa shape index (κ3) is 5.33. The van der Waals surface area contributed by atoms with Crippen LogP contribution >= 0.6 is 11.6 Å². The first-order valence-electron chi connectivity index (χ1n) is 8.20. The van der Waals surface area contributed by atoms with Crippen molar-refractivity contribution in [3.8, 4) is 11.5 Å². The van der Waals surface area contributed by atoms with Crippen LogP contribution in [0.5, 0.6) is 11.5 Å². The van der Waals surface area contributed by atoms with Crippen molar-refractivity contribution < 1.29 is 14.6 Å². The molecule has 0 fully saturated rings. The summed E-state index contributed by atoms with van der Waals surface area (Å²) in [5.41, 5.74) is 4.39. The first kappa shape index (κ1) is 18.5. The van der Waals surface area contributed by atoms with Gasteiger partial charge in [0.25, 0.3) is 5.91 Å². The summed E-state index contributed by atoms with van der Waals surface area (Å²) < 4.78 is 5.69. The van der Waals surface area contributed by atoms with Gasteiger partial charge in [0, 0.05) is 16.1 Å². The Morgan fingerprint density at radius 3 is 2.44 bits per heavy atom. The quantitative estimate of drug-likeness (QED) is 0.492. The number of carbonyl (C=O) groups excluding carboxylic acids is 1. The number of carbonyl (C=O) groups is 1. The topological polar surface area (TPSA) is 70.9 Å². The normalized spacial score (nSPS) is 10.7. The molecule has 0 heterocycles. The number of nitrogens with one attached hydrogen (secondary N) is 1. The van der Waals surface area contributed by atoms with Gasteiger partial charge < -0.3 is 9.84 Å². The fraction of sp³-hybridized carbons (Fsp3) is 0.0476. The van der Waals surface area contributed by atoms with E-state index >= 15 is 0 Å². The Morgan fingerprint density at radius 2 is 1.74 bits per heavy atom. The second-order valence-electron chi connectivity index (χ2n) is 5.70. The number of halogens is 1. The number of para-hydroxylation sites is 1. The molecule has 5 nitrogen and oxygen atoms in total. The zero-order valence-electron chi connectivity index (χ0n) is 14.3. The molecule has 0 aliphatic carbocycles. The van der Waals surface area contributed by atoms with Gasteiger partial charge in [-0.05, 0) is 54.1 Å². The van der Waals surface area contributed by atoms with E-state index in [4.69, 9.17) is 16.3 Å². The number of ether oxygens (including phenoxy) is 1. The molecule has 3 rings (SSSR count). The Kier molecular flexibility index (Phi) is 6.07. The zero-order valence-corrected chi connectivity index (χ0v) is 15.1. The van der Waals surface area contributed by atoms with E-state index in [-0.39, 0.29) is 11.7 Å². The van der Waals surface area contributed by atoms with Crippen LogP contribution in [-0.2, 0) is 6.61 Å². The van der Waals surface area contributed by atoms with Crippen LogP contribution in [0.1, 0.15) is 21.5 Å². The molecule has 0 aliphatic rings. The fourth-order valence-electron chi connectivity index (χ4n) is 2.27. The lowest BCUT2D eigenvalue weighted by Crippen LogP contribution is -2.17. The van der Waals surface area contributed by atoms with Crippen LogP contribution in [-0.4, -0.2) is 17.2 Å². The van der Waals surface area contributed by atoms with E-state index in [1.165, 1.54) is 6.21 Å². The van der Waals surface area contributed by atoms with Crippen LogP contribution in [0.15, 0.2) is 77.9 Å². The minimum Gasteiger partial charge on any atom is -0.507 e. The molecule has 0 unspecified atom stereocenters. The number of hydrazone groups is 1. The first-order chi connectivity index (χ1) is 13.1. The summed E-state index contributed by atoms with van der Waals surface area (Å²) in [6.07, 6.45) is 1.39. The maximum Gasteiger partial charge on any atom is 0.271 e. The molecule has 0 saturated carbocycles. The largest absolute Gasteiger partial charge is 0.507 e. The molecular weight excluding hydrogens is 364 g/mol. The number of amides is 1. The highest BCUT2D eigenvalue weighted by atomic mass is 35.5. The van der Waals surface area contributed by atoms with Gasteiger partial charge in [-0.1, -0.05) is 35.9 Å². The molecule has 136 valence electrons. The summed E-state index contributed by atoms with van der Waals surface area (Å²) in [5, 5.41) is 14.2. The summed E-state index contributed by atoms with van der Waals surface area (Å²) in [4.78, 5) is 12.1. The summed E-state index contributed by atoms with van der Waals surface area (Å²) in [7, 11) is 0. The first-order valence-corrected chi connectivity index (χ1v) is 8.58. The second kappa shape index (κ2) is 8.87. The van der Waals surface area contributed by atoms with Crippen molar-refractivity contribution in [2.75, 3.05) is 0 Å². The molecule has 1 amide bonds. The number of rotatable bonds is 6. The molecule has 0 radical (unpaired) electrons. The van der Waals surface area contributed by atoms with Crippen molar-refractivity contribution in [1.82, 2.24) is 5.43 Å². The third-order valence-corrected chi connectivity index (χ3v) is 3.99. The van der Waals surface area contributed by atoms with E-state index in [1.54, 1.807) is 48.5 Å². The smallest absolute Gasteiger partial charge is 0.271 e. The van der Waals surface area contributed by atoms with E-state index in [0.717, 1.165) is 5.56 Å². The molecular formula is C21H17ClN2O3. The van der Waals surface area contributed by atoms with Gasteiger partial charge in [0.1, 0.15) is 18.1 Å². The van der Waals surface area contributed by atoms with Crippen LogP contribution in [0.3, 0.4) is 0 Å². The van der Waals surface area contributed by atoms with E-state index < -0.39 is 0 Å². The van der Waals surface area contributed by atoms with Crippen molar-refractivity contribution >= 4 is 23.7 Å². The van der Waals surface area contributed by atoms with Crippen molar-refractivity contribution in [2.24, 2.45) is 5.10 Å². The minimum absolute atomic E-state index is 0.0951. The maximum absolute atomic E-state index is 12.1. The van der Waals surface area contributed by atoms with Crippen molar-refractivity contribution in [2.45, 2.75) is 6.61 Å². The van der Waals surface area contributed by atoms with Crippen molar-refractivity contribution in [3.05, 3.63) is 94.5 Å². The van der Waals surface area contributed by atoms with Crippen LogP contribution < -0.4 is 10.2 Å². The summed E-state index contributed by atoms with van der Waals surface area (Å²) >= 11 is 5.85. The average Bonchev–Trinajstić information content (AvgIpc) is 2.69. The SMILES string of the molecule is O=C(N/N=C\c1ccccc1O)c1ccc(OCc2ccc(Cl)cc2)cc1. The molecule has 0 atom stereocenters. The van der Waals surface area contributed by atoms with E-state index in [1.807, 2.05) is 24.3 Å². The number of hydrogen-bond donors (Lipinski definition) is 2. The van der Waals surface area contributed by atoms with E-state index in [9.17, 15) is 9.90 Å². The molecule has 0 saturated heterocycles. The van der Waals surface area contributed by atoms with Crippen molar-refractivity contribution in [3.63, 3.8) is 0 Å². The summed E-state index contributed by atoms with van der Waals surface area (Å²) in [5.74, 6) is 0.391. The third-order valence-electron chi connectivity index (χ3n) is 3.74. The zero-order chi connectivity index (χ0) is 19.1. The molecule has 27 heavy (non-hydrogen) atoms. The van der Waals surface area contributed by atoms with Gasteiger partial charge in [0.2, 0.25) is 0 Å². The van der Waals surface area contributed by atoms with Crippen LogP contribution in [0.4, 0.5) is 0 Å². The molecule has 3 aromatic carbocycles. The minimum atomic E-state index is -0.356. The molecule has 0 bridgehead atoms. The predicted molar refractivity (Wildman–Crippen MR) is 105 cm³/mol. The van der Waals surface area contributed by atoms with Gasteiger partial charge >= 0.3 is 0 Å². The lowest BCUT2D eigenvalue weighted by molar-refractivity contribution is 0.0955. The monoisotopic (exact) mass is 380 g/mol. The number of phenolic OH excluding ortho intramolecular Hbond substituents is 1. The van der Waals surface area contributed by atoms with Gasteiger partial charge in [-0.3, -0.25) is 4.79 Å². The highest BCUT2D eigenvalue weighted by Gasteiger charge is 2.05. The Labute approximate surface area is 161 Å². The van der Waals surface area contributed by atoms with Gasteiger partial charge in [-0.25, -0.2) is 5.43 Å². The fourth-order valence-corrected chi connectivity index (χ4v) is 2.40. The number of hydrogen-bond acceptors (Lipinski definition) is 4. The molecule has 6 heteroatoms. The van der Waals surface area contributed by atoms with Gasteiger partial charge in [0.05, 0.1) is 6.21 Å². The lowest BCUT2D eigenvalue weighted by Gasteiger charge is -2.07. The maximum atomic E-state index is 12.1.